The van der Waals surface area contributed by atoms with Crippen LogP contribution in [-0.2, 0) is 6.42 Å². The molecule has 6 nitrogen and oxygen atoms in total. The number of quaternary nitrogens is 2. The van der Waals surface area contributed by atoms with Gasteiger partial charge in [0.1, 0.15) is 31.1 Å². The smallest absolute Gasteiger partial charge is 0.235 e. The van der Waals surface area contributed by atoms with Gasteiger partial charge in [-0.15, -0.1) is 5.10 Å². The number of piperazine rings is 1. The Morgan fingerprint density at radius 3 is 2.65 bits per heavy atom. The monoisotopic (exact) mass is 393 g/mol. The van der Waals surface area contributed by atoms with Crippen molar-refractivity contribution in [1.29, 1.82) is 0 Å². The third-order valence-electron chi connectivity index (χ3n) is 5.19. The largest absolute Gasteiger partial charge is 0.492 e. The van der Waals surface area contributed by atoms with Crippen molar-refractivity contribution in [3.05, 3.63) is 45.6 Å². The van der Waals surface area contributed by atoms with Crippen molar-refractivity contribution in [3.63, 3.8) is 0 Å². The van der Waals surface area contributed by atoms with Crippen LogP contribution in [0.4, 0.5) is 0 Å². The molecule has 1 saturated heterocycles. The van der Waals surface area contributed by atoms with E-state index in [1.165, 1.54) is 16.2 Å². The molecule has 0 unspecified atom stereocenters. The van der Waals surface area contributed by atoms with Crippen LogP contribution in [0.15, 0.2) is 24.3 Å². The van der Waals surface area contributed by atoms with Crippen LogP contribution in [0.1, 0.15) is 29.2 Å². The molecule has 0 spiro atoms. The van der Waals surface area contributed by atoms with E-state index in [-0.39, 0.29) is 11.9 Å². The molecule has 3 N–H and O–H groups in total. The molecule has 0 bridgehead atoms. The fourth-order valence-electron chi connectivity index (χ4n) is 3.67. The summed E-state index contributed by atoms with van der Waals surface area (Å²) in [6.07, 6.45) is 0.754. The number of thiazole rings is 1. The molecule has 3 heterocycles. The number of hydrogen-bond donors (Lipinski definition) is 3. The lowest BCUT2D eigenvalue weighted by molar-refractivity contribution is -1.02. The second-order valence-corrected chi connectivity index (χ2v) is 8.35. The predicted molar refractivity (Wildman–Crippen MR) is 103 cm³/mol. The number of aryl methyl sites for hydroxylation is 1. The van der Waals surface area contributed by atoms with E-state index in [0.717, 1.165) is 58.8 Å². The Kier molecular flexibility index (Phi) is 4.88. The number of likely N-dealkylation sites (N-methyl/N-ethyl adjacent to an activating group) is 1. The summed E-state index contributed by atoms with van der Waals surface area (Å²) >= 11 is 8.08. The van der Waals surface area contributed by atoms with Crippen molar-refractivity contribution in [1.82, 2.24) is 14.6 Å². The number of benzene rings is 1. The SMILES string of the molecule is CCc1nc2sc([C@H](c3ccccc3Cl)[NH+]3CC[NH+](C)CC3)c(O)n2n1. The maximum Gasteiger partial charge on any atom is 0.235 e. The van der Waals surface area contributed by atoms with Gasteiger partial charge in [-0.25, -0.2) is 4.98 Å². The zero-order chi connectivity index (χ0) is 18.3. The third kappa shape index (κ3) is 3.09. The molecule has 1 atom stereocenters. The van der Waals surface area contributed by atoms with Gasteiger partial charge < -0.3 is 14.9 Å². The van der Waals surface area contributed by atoms with Crippen molar-refractivity contribution >= 4 is 27.9 Å². The minimum absolute atomic E-state index is 0.00428. The highest BCUT2D eigenvalue weighted by atomic mass is 35.5. The minimum atomic E-state index is -0.00428. The zero-order valence-electron chi connectivity index (χ0n) is 15.0. The van der Waals surface area contributed by atoms with E-state index in [4.69, 9.17) is 11.6 Å². The van der Waals surface area contributed by atoms with E-state index in [9.17, 15) is 5.11 Å². The molecule has 8 heteroatoms. The molecular weight excluding hydrogens is 370 g/mol. The molecular formula is C18H24ClN5OS+2. The van der Waals surface area contributed by atoms with Gasteiger partial charge in [-0.1, -0.05) is 48.1 Å². The van der Waals surface area contributed by atoms with Crippen LogP contribution in [0.3, 0.4) is 0 Å². The summed E-state index contributed by atoms with van der Waals surface area (Å²) in [5.41, 5.74) is 1.05. The van der Waals surface area contributed by atoms with Crippen molar-refractivity contribution in [2.75, 3.05) is 33.2 Å². The number of nitrogens with zero attached hydrogens (tertiary/aromatic N) is 3. The average Bonchev–Trinajstić information content (AvgIpc) is 3.18. The highest BCUT2D eigenvalue weighted by molar-refractivity contribution is 7.17. The topological polar surface area (TPSA) is 59.3 Å². The molecule has 4 rings (SSSR count). The summed E-state index contributed by atoms with van der Waals surface area (Å²) in [6.45, 7) is 6.31. The molecule has 1 aliphatic heterocycles. The predicted octanol–water partition coefficient (Wildman–Crippen LogP) is 0.215. The molecule has 1 fully saturated rings. The minimum Gasteiger partial charge on any atom is -0.492 e. The van der Waals surface area contributed by atoms with Gasteiger partial charge in [0.2, 0.25) is 10.8 Å². The summed E-state index contributed by atoms with van der Waals surface area (Å²) in [5, 5.41) is 16.1. The molecule has 0 aliphatic carbocycles. The Bertz CT molecular complexity index is 916. The van der Waals surface area contributed by atoms with Gasteiger partial charge in [-0.05, 0) is 6.07 Å². The Morgan fingerprint density at radius 1 is 1.27 bits per heavy atom. The van der Waals surface area contributed by atoms with Gasteiger partial charge in [0.15, 0.2) is 11.9 Å². The maximum atomic E-state index is 10.9. The highest BCUT2D eigenvalue weighted by Gasteiger charge is 2.36. The summed E-state index contributed by atoms with van der Waals surface area (Å²) in [4.78, 5) is 9.14. The van der Waals surface area contributed by atoms with E-state index >= 15 is 0 Å². The Balaban J connectivity index is 1.81. The van der Waals surface area contributed by atoms with E-state index in [1.807, 2.05) is 25.1 Å². The third-order valence-corrected chi connectivity index (χ3v) is 6.62. The molecule has 1 aromatic carbocycles. The van der Waals surface area contributed by atoms with Crippen molar-refractivity contribution in [2.24, 2.45) is 0 Å². The number of hydrogen-bond acceptors (Lipinski definition) is 4. The van der Waals surface area contributed by atoms with E-state index in [1.54, 1.807) is 9.42 Å². The van der Waals surface area contributed by atoms with Gasteiger partial charge in [0.05, 0.1) is 12.1 Å². The normalized spacial score (nSPS) is 22.0. The van der Waals surface area contributed by atoms with Crippen LogP contribution in [0.25, 0.3) is 4.96 Å². The first kappa shape index (κ1) is 17.7. The van der Waals surface area contributed by atoms with E-state index in [0.29, 0.717) is 0 Å². The lowest BCUT2D eigenvalue weighted by atomic mass is 10.0. The standard InChI is InChI=1S/C18H22ClN5OS/c1-3-14-20-18-24(21-14)17(25)16(26-18)15(12-6-4-5-7-13(12)19)23-10-8-22(2)9-11-23/h4-7,15,25H,3,8-11H2,1-2H3/p+2/t15-/m0/s1. The summed E-state index contributed by atoms with van der Waals surface area (Å²) in [6, 6.07) is 7.95. The van der Waals surface area contributed by atoms with E-state index < -0.39 is 0 Å². The second kappa shape index (κ2) is 7.15. The van der Waals surface area contributed by atoms with Crippen LogP contribution in [0.5, 0.6) is 5.88 Å². The van der Waals surface area contributed by atoms with Crippen LogP contribution in [0.2, 0.25) is 5.02 Å². The summed E-state index contributed by atoms with van der Waals surface area (Å²) in [7, 11) is 2.23. The average molecular weight is 394 g/mol. The van der Waals surface area contributed by atoms with Crippen LogP contribution in [0, 0.1) is 0 Å². The Hall–Kier alpha value is -1.67. The van der Waals surface area contributed by atoms with Gasteiger partial charge in [0.25, 0.3) is 0 Å². The molecule has 26 heavy (non-hydrogen) atoms. The van der Waals surface area contributed by atoms with Crippen LogP contribution < -0.4 is 9.80 Å². The van der Waals surface area contributed by atoms with Crippen molar-refractivity contribution < 1.29 is 14.9 Å². The molecule has 0 radical (unpaired) electrons. The summed E-state index contributed by atoms with van der Waals surface area (Å²) < 4.78 is 1.57. The molecule has 138 valence electrons. The molecule has 2 aromatic heterocycles. The molecule has 0 amide bonds. The number of halogens is 1. The molecule has 0 saturated carbocycles. The number of fused-ring (bicyclic) bond motifs is 1. The van der Waals surface area contributed by atoms with Crippen molar-refractivity contribution in [3.8, 4) is 5.88 Å². The lowest BCUT2D eigenvalue weighted by Crippen LogP contribution is -3.27. The first-order valence-electron chi connectivity index (χ1n) is 9.06. The van der Waals surface area contributed by atoms with Gasteiger partial charge in [-0.3, -0.25) is 0 Å². The van der Waals surface area contributed by atoms with Crippen LogP contribution in [-0.4, -0.2) is 52.9 Å². The number of aromatic hydroxyl groups is 1. The number of aromatic nitrogens is 3. The van der Waals surface area contributed by atoms with Crippen LogP contribution >= 0.6 is 22.9 Å². The quantitative estimate of drug-likeness (QED) is 0.594. The fourth-order valence-corrected chi connectivity index (χ4v) is 5.07. The first-order valence-corrected chi connectivity index (χ1v) is 10.3. The van der Waals surface area contributed by atoms with E-state index in [2.05, 4.69) is 23.2 Å². The molecule has 1 aliphatic rings. The Morgan fingerprint density at radius 2 is 2.00 bits per heavy atom. The first-order chi connectivity index (χ1) is 12.6. The summed E-state index contributed by atoms with van der Waals surface area (Å²) in [5.74, 6) is 0.948. The molecule has 3 aromatic rings. The Labute approximate surface area is 161 Å². The number of rotatable bonds is 4. The highest BCUT2D eigenvalue weighted by Crippen LogP contribution is 2.37. The zero-order valence-corrected chi connectivity index (χ0v) is 16.6. The number of nitrogens with one attached hydrogen (secondary N) is 2. The fraction of sp³-hybridized carbons (Fsp3) is 0.444. The van der Waals surface area contributed by atoms with Crippen molar-refractivity contribution in [2.45, 2.75) is 19.4 Å². The maximum absolute atomic E-state index is 10.9. The lowest BCUT2D eigenvalue weighted by Gasteiger charge is -2.33. The van der Waals surface area contributed by atoms with Gasteiger partial charge in [-0.2, -0.15) is 4.52 Å². The van der Waals surface area contributed by atoms with Gasteiger partial charge in [0, 0.05) is 12.0 Å². The van der Waals surface area contributed by atoms with Gasteiger partial charge >= 0.3 is 0 Å². The second-order valence-electron chi connectivity index (χ2n) is 6.94.